The molecule has 1 aromatic carbocycles. The first kappa shape index (κ1) is 16.0. The summed E-state index contributed by atoms with van der Waals surface area (Å²) in [6.07, 6.45) is 5.08. The first-order valence-electron chi connectivity index (χ1n) is 8.03. The van der Waals surface area contributed by atoms with Crippen LogP contribution in [0.1, 0.15) is 46.9 Å². The average molecular weight is 328 g/mol. The number of carbonyl (C=O) groups is 1. The molecule has 0 radical (unpaired) electrons. The summed E-state index contributed by atoms with van der Waals surface area (Å²) in [6.45, 7) is 2.05. The quantitative estimate of drug-likeness (QED) is 0.502. The van der Waals surface area contributed by atoms with E-state index in [4.69, 9.17) is 0 Å². The molecule has 0 saturated heterocycles. The molecule has 23 heavy (non-hydrogen) atoms. The molecule has 5 heteroatoms. The van der Waals surface area contributed by atoms with Crippen LogP contribution in [-0.4, -0.2) is 21.5 Å². The summed E-state index contributed by atoms with van der Waals surface area (Å²) in [5.74, 6) is 0.366. The van der Waals surface area contributed by atoms with Crippen molar-refractivity contribution in [3.63, 3.8) is 0 Å². The monoisotopic (exact) mass is 328 g/mol. The number of hydrogen-bond donors (Lipinski definition) is 1. The molecule has 2 aromatic rings. The van der Waals surface area contributed by atoms with Gasteiger partial charge in [0.15, 0.2) is 10.9 Å². The molecule has 0 fully saturated rings. The molecule has 1 N–H and O–H groups in total. The number of aromatic nitrogens is 2. The van der Waals surface area contributed by atoms with E-state index in [0.29, 0.717) is 5.16 Å². The highest BCUT2D eigenvalue weighted by molar-refractivity contribution is 7.99. The predicted octanol–water partition coefficient (Wildman–Crippen LogP) is 3.19. The van der Waals surface area contributed by atoms with E-state index in [9.17, 15) is 9.59 Å². The molecule has 1 aliphatic carbocycles. The molecular formula is C18H20N2O2S. The zero-order chi connectivity index (χ0) is 16.2. The maximum Gasteiger partial charge on any atom is 0.251 e. The fourth-order valence-corrected chi connectivity index (χ4v) is 3.69. The number of H-pyrrole nitrogens is 1. The maximum absolute atomic E-state index is 12.4. The van der Waals surface area contributed by atoms with Gasteiger partial charge in [0.25, 0.3) is 5.56 Å². The molecule has 1 aromatic heterocycles. The van der Waals surface area contributed by atoms with E-state index < -0.39 is 0 Å². The number of nitrogens with zero attached hydrogens (tertiary/aromatic N) is 1. The van der Waals surface area contributed by atoms with Gasteiger partial charge in [0, 0.05) is 17.3 Å². The van der Waals surface area contributed by atoms with E-state index in [1.54, 1.807) is 0 Å². The number of thioether (sulfide) groups is 1. The smallest absolute Gasteiger partial charge is 0.251 e. The predicted molar refractivity (Wildman–Crippen MR) is 92.4 cm³/mol. The van der Waals surface area contributed by atoms with Crippen LogP contribution in [0.2, 0.25) is 0 Å². The molecule has 4 nitrogen and oxygen atoms in total. The fraction of sp³-hybridized carbons (Fsp3) is 0.389. The Labute approximate surface area is 139 Å². The number of nitrogens with one attached hydrogen (secondary N) is 1. The normalized spacial score (nSPS) is 13.1. The summed E-state index contributed by atoms with van der Waals surface area (Å²) in [5, 5.41) is 0.524. The first-order chi connectivity index (χ1) is 11.2. The van der Waals surface area contributed by atoms with Gasteiger partial charge in [-0.05, 0) is 42.9 Å². The van der Waals surface area contributed by atoms with E-state index in [0.717, 1.165) is 36.9 Å². The molecule has 120 valence electrons. The third-order valence-corrected chi connectivity index (χ3v) is 4.91. The number of ketones is 1. The van der Waals surface area contributed by atoms with Crippen molar-refractivity contribution in [1.82, 2.24) is 9.97 Å². The molecule has 0 amide bonds. The van der Waals surface area contributed by atoms with E-state index in [1.807, 2.05) is 19.1 Å². The highest BCUT2D eigenvalue weighted by atomic mass is 32.2. The van der Waals surface area contributed by atoms with Crippen LogP contribution in [0, 0.1) is 0 Å². The van der Waals surface area contributed by atoms with Crippen molar-refractivity contribution in [1.29, 1.82) is 0 Å². The highest BCUT2D eigenvalue weighted by Gasteiger charge is 2.14. The summed E-state index contributed by atoms with van der Waals surface area (Å²) in [5.41, 5.74) is 4.05. The number of Topliss-reactive ketones (excluding diaryl/α,β-unsaturated/α-hetero) is 1. The molecule has 1 aliphatic rings. The van der Waals surface area contributed by atoms with Crippen molar-refractivity contribution in [3.05, 3.63) is 57.0 Å². The maximum atomic E-state index is 12.4. The summed E-state index contributed by atoms with van der Waals surface area (Å²) >= 11 is 1.29. The lowest BCUT2D eigenvalue weighted by Gasteiger charge is -2.05. The van der Waals surface area contributed by atoms with E-state index in [-0.39, 0.29) is 17.1 Å². The standard InChI is InChI=1S/C18H20N2O2S/c1-2-4-15-10-17(22)20-18(19-15)23-11-16(21)14-8-7-12-5-3-6-13(12)9-14/h7-10H,2-6,11H2,1H3,(H,19,20,22). The Kier molecular flexibility index (Phi) is 4.96. The Morgan fingerprint density at radius 1 is 1.26 bits per heavy atom. The number of carbonyl (C=O) groups excluding carboxylic acids is 1. The first-order valence-corrected chi connectivity index (χ1v) is 9.02. The zero-order valence-electron chi connectivity index (χ0n) is 13.2. The molecule has 0 aliphatic heterocycles. The SMILES string of the molecule is CCCc1cc(=O)[nH]c(SCC(=O)c2ccc3c(c2)CCC3)n1. The van der Waals surface area contributed by atoms with Crippen LogP contribution < -0.4 is 5.56 Å². The Bertz CT molecular complexity index is 783. The van der Waals surface area contributed by atoms with Gasteiger partial charge < -0.3 is 4.98 Å². The summed E-state index contributed by atoms with van der Waals surface area (Å²) < 4.78 is 0. The fourth-order valence-electron chi connectivity index (χ4n) is 2.90. The number of aromatic amines is 1. The number of aryl methyl sites for hydroxylation is 3. The van der Waals surface area contributed by atoms with Gasteiger partial charge in [0.1, 0.15) is 0 Å². The van der Waals surface area contributed by atoms with Crippen molar-refractivity contribution in [2.45, 2.75) is 44.2 Å². The minimum atomic E-state index is -0.157. The topological polar surface area (TPSA) is 62.8 Å². The second-order valence-electron chi connectivity index (χ2n) is 5.84. The molecular weight excluding hydrogens is 308 g/mol. The Balaban J connectivity index is 1.68. The minimum absolute atomic E-state index is 0.0771. The van der Waals surface area contributed by atoms with Gasteiger partial charge >= 0.3 is 0 Å². The van der Waals surface area contributed by atoms with Gasteiger partial charge in [0.2, 0.25) is 0 Å². The van der Waals surface area contributed by atoms with E-state index in [2.05, 4.69) is 16.0 Å². The van der Waals surface area contributed by atoms with Gasteiger partial charge in [-0.15, -0.1) is 0 Å². The van der Waals surface area contributed by atoms with Crippen molar-refractivity contribution in [2.24, 2.45) is 0 Å². The third kappa shape index (κ3) is 3.91. The zero-order valence-corrected chi connectivity index (χ0v) is 14.0. The number of benzene rings is 1. The molecule has 0 saturated carbocycles. The Morgan fingerprint density at radius 2 is 2.09 bits per heavy atom. The molecule has 0 unspecified atom stereocenters. The lowest BCUT2D eigenvalue weighted by molar-refractivity contribution is 0.102. The van der Waals surface area contributed by atoms with Gasteiger partial charge in [-0.3, -0.25) is 9.59 Å². The van der Waals surface area contributed by atoms with Gasteiger partial charge in [-0.25, -0.2) is 4.98 Å². The van der Waals surface area contributed by atoms with E-state index >= 15 is 0 Å². The van der Waals surface area contributed by atoms with Crippen LogP contribution in [0.25, 0.3) is 0 Å². The van der Waals surface area contributed by atoms with Crippen LogP contribution in [0.15, 0.2) is 34.2 Å². The van der Waals surface area contributed by atoms with Crippen molar-refractivity contribution in [3.8, 4) is 0 Å². The second kappa shape index (κ2) is 7.13. The van der Waals surface area contributed by atoms with Gasteiger partial charge in [0.05, 0.1) is 5.75 Å². The van der Waals surface area contributed by atoms with Gasteiger partial charge in [-0.2, -0.15) is 0 Å². The lowest BCUT2D eigenvalue weighted by atomic mass is 10.0. The lowest BCUT2D eigenvalue weighted by Crippen LogP contribution is -2.11. The summed E-state index contributed by atoms with van der Waals surface area (Å²) in [4.78, 5) is 31.1. The van der Waals surface area contributed by atoms with E-state index in [1.165, 1.54) is 35.4 Å². The molecule has 0 atom stereocenters. The van der Waals surface area contributed by atoms with Crippen LogP contribution in [0.3, 0.4) is 0 Å². The number of hydrogen-bond acceptors (Lipinski definition) is 4. The third-order valence-electron chi connectivity index (χ3n) is 4.04. The van der Waals surface area contributed by atoms with Crippen LogP contribution in [-0.2, 0) is 19.3 Å². The highest BCUT2D eigenvalue weighted by Crippen LogP contribution is 2.24. The number of fused-ring (bicyclic) bond motifs is 1. The van der Waals surface area contributed by atoms with Crippen molar-refractivity contribution >= 4 is 17.5 Å². The summed E-state index contributed by atoms with van der Waals surface area (Å²) in [7, 11) is 0. The largest absolute Gasteiger partial charge is 0.301 e. The Morgan fingerprint density at radius 3 is 2.91 bits per heavy atom. The van der Waals surface area contributed by atoms with Crippen LogP contribution >= 0.6 is 11.8 Å². The molecule has 0 bridgehead atoms. The number of rotatable bonds is 6. The second-order valence-corrected chi connectivity index (χ2v) is 6.80. The average Bonchev–Trinajstić information content (AvgIpc) is 3.00. The molecule has 1 heterocycles. The van der Waals surface area contributed by atoms with Gasteiger partial charge in [-0.1, -0.05) is 37.2 Å². The minimum Gasteiger partial charge on any atom is -0.301 e. The summed E-state index contributed by atoms with van der Waals surface area (Å²) in [6, 6.07) is 7.53. The molecule has 0 spiro atoms. The van der Waals surface area contributed by atoms with Crippen molar-refractivity contribution < 1.29 is 4.79 Å². The van der Waals surface area contributed by atoms with Crippen LogP contribution in [0.5, 0.6) is 0 Å². The van der Waals surface area contributed by atoms with Crippen molar-refractivity contribution in [2.75, 3.05) is 5.75 Å². The Hall–Kier alpha value is -1.88. The van der Waals surface area contributed by atoms with Crippen LogP contribution in [0.4, 0.5) is 0 Å². The molecule has 3 rings (SSSR count).